The van der Waals surface area contributed by atoms with Crippen LogP contribution in [0.1, 0.15) is 17.3 Å². The quantitative estimate of drug-likeness (QED) is 0.791. The van der Waals surface area contributed by atoms with Crippen molar-refractivity contribution in [2.75, 3.05) is 14.2 Å². The molecule has 0 aliphatic carbocycles. The van der Waals surface area contributed by atoms with Crippen molar-refractivity contribution < 1.29 is 14.3 Å². The minimum absolute atomic E-state index is 0.149. The number of aromatic nitrogens is 1. The van der Waals surface area contributed by atoms with Crippen molar-refractivity contribution in [1.82, 2.24) is 4.57 Å². The van der Waals surface area contributed by atoms with Gasteiger partial charge >= 0.3 is 5.97 Å². The van der Waals surface area contributed by atoms with Crippen LogP contribution in [-0.2, 0) is 11.3 Å². The summed E-state index contributed by atoms with van der Waals surface area (Å²) in [6.07, 6.45) is 1.53. The topological polar surface area (TPSA) is 57.5 Å². The van der Waals surface area contributed by atoms with E-state index >= 15 is 0 Å². The number of pyridine rings is 1. The average Bonchev–Trinajstić information content (AvgIpc) is 2.46. The molecule has 2 rings (SSSR count). The largest absolute Gasteiger partial charge is 0.497 e. The summed E-state index contributed by atoms with van der Waals surface area (Å²) in [5.74, 6) is 0.117. The molecule has 0 spiro atoms. The zero-order valence-corrected chi connectivity index (χ0v) is 11.1. The Bertz CT molecular complexity index is 688. The van der Waals surface area contributed by atoms with Crippen LogP contribution >= 0.6 is 0 Å². The lowest BCUT2D eigenvalue weighted by molar-refractivity contribution is 0.0602. The first kappa shape index (κ1) is 13.1. The molecule has 0 aliphatic heterocycles. The molecule has 1 aromatic heterocycles. The number of aryl methyl sites for hydroxylation is 1. The maximum absolute atomic E-state index is 12.2. The van der Waals surface area contributed by atoms with E-state index in [1.807, 2.05) is 6.92 Å². The number of methoxy groups -OCH3 is 2. The van der Waals surface area contributed by atoms with E-state index in [0.717, 1.165) is 0 Å². The highest BCUT2D eigenvalue weighted by molar-refractivity contribution is 6.04. The Hall–Kier alpha value is -2.30. The number of hydrogen-bond donors (Lipinski definition) is 0. The molecule has 0 saturated carbocycles. The van der Waals surface area contributed by atoms with Gasteiger partial charge in [-0.1, -0.05) is 0 Å². The second-order valence-electron chi connectivity index (χ2n) is 4.04. The van der Waals surface area contributed by atoms with Crippen LogP contribution in [0.25, 0.3) is 10.8 Å². The third kappa shape index (κ3) is 2.19. The highest BCUT2D eigenvalue weighted by Crippen LogP contribution is 2.21. The van der Waals surface area contributed by atoms with Gasteiger partial charge in [0.1, 0.15) is 5.75 Å². The lowest BCUT2D eigenvalue weighted by atomic mass is 10.1. The van der Waals surface area contributed by atoms with Crippen molar-refractivity contribution >= 4 is 16.7 Å². The van der Waals surface area contributed by atoms with Crippen molar-refractivity contribution in [3.8, 4) is 5.75 Å². The minimum Gasteiger partial charge on any atom is -0.497 e. The summed E-state index contributed by atoms with van der Waals surface area (Å²) in [4.78, 5) is 24.0. The number of carbonyl (C=O) groups excluding carboxylic acids is 1. The molecular weight excluding hydrogens is 246 g/mol. The Morgan fingerprint density at radius 1 is 1.26 bits per heavy atom. The molecule has 0 N–H and O–H groups in total. The van der Waals surface area contributed by atoms with E-state index in [9.17, 15) is 9.59 Å². The maximum Gasteiger partial charge on any atom is 0.339 e. The third-order valence-electron chi connectivity index (χ3n) is 3.04. The van der Waals surface area contributed by atoms with Gasteiger partial charge in [-0.25, -0.2) is 4.79 Å². The molecule has 0 atom stereocenters. The van der Waals surface area contributed by atoms with Gasteiger partial charge < -0.3 is 14.0 Å². The van der Waals surface area contributed by atoms with Crippen LogP contribution in [-0.4, -0.2) is 24.8 Å². The summed E-state index contributed by atoms with van der Waals surface area (Å²) in [6.45, 7) is 2.32. The van der Waals surface area contributed by atoms with E-state index in [4.69, 9.17) is 9.47 Å². The smallest absolute Gasteiger partial charge is 0.339 e. The number of rotatable bonds is 3. The Labute approximate surface area is 110 Å². The molecule has 0 fully saturated rings. The van der Waals surface area contributed by atoms with Gasteiger partial charge in [0.2, 0.25) is 0 Å². The SMILES string of the molecule is CCn1cc(C(=O)OC)c2ccc(OC)cc2c1=O. The molecule has 0 saturated heterocycles. The molecule has 19 heavy (non-hydrogen) atoms. The number of fused-ring (bicyclic) bond motifs is 1. The number of ether oxygens (including phenoxy) is 2. The number of carbonyl (C=O) groups is 1. The molecule has 0 amide bonds. The normalized spacial score (nSPS) is 10.5. The molecule has 5 nitrogen and oxygen atoms in total. The molecular formula is C14H15NO4. The van der Waals surface area contributed by atoms with Gasteiger partial charge in [0.25, 0.3) is 5.56 Å². The maximum atomic E-state index is 12.2. The van der Waals surface area contributed by atoms with Gasteiger partial charge in [-0.3, -0.25) is 4.79 Å². The van der Waals surface area contributed by atoms with Crippen molar-refractivity contribution in [3.63, 3.8) is 0 Å². The van der Waals surface area contributed by atoms with Crippen LogP contribution in [0.15, 0.2) is 29.2 Å². The lowest BCUT2D eigenvalue weighted by Gasteiger charge is -2.10. The van der Waals surface area contributed by atoms with E-state index < -0.39 is 5.97 Å². The summed E-state index contributed by atoms with van der Waals surface area (Å²) < 4.78 is 11.3. The van der Waals surface area contributed by atoms with Crippen LogP contribution in [0.4, 0.5) is 0 Å². The monoisotopic (exact) mass is 261 g/mol. The predicted molar refractivity (Wildman–Crippen MR) is 71.8 cm³/mol. The van der Waals surface area contributed by atoms with Crippen molar-refractivity contribution in [2.45, 2.75) is 13.5 Å². The Morgan fingerprint density at radius 3 is 2.58 bits per heavy atom. The van der Waals surface area contributed by atoms with Gasteiger partial charge in [0.05, 0.1) is 25.2 Å². The standard InChI is InChI=1S/C14H15NO4/c1-4-15-8-12(14(17)19-3)10-6-5-9(18-2)7-11(10)13(15)16/h5-8H,4H2,1-3H3. The summed E-state index contributed by atoms with van der Waals surface area (Å²) in [5.41, 5.74) is 0.227. The summed E-state index contributed by atoms with van der Waals surface area (Å²) in [7, 11) is 2.85. The fourth-order valence-corrected chi connectivity index (χ4v) is 2.01. The zero-order valence-electron chi connectivity index (χ0n) is 11.1. The fourth-order valence-electron chi connectivity index (χ4n) is 2.01. The van der Waals surface area contributed by atoms with Crippen LogP contribution < -0.4 is 10.3 Å². The van der Waals surface area contributed by atoms with Gasteiger partial charge in [0, 0.05) is 18.1 Å². The molecule has 0 radical (unpaired) electrons. The van der Waals surface area contributed by atoms with E-state index in [2.05, 4.69) is 0 Å². The first-order valence-electron chi connectivity index (χ1n) is 5.91. The Morgan fingerprint density at radius 2 is 2.00 bits per heavy atom. The zero-order chi connectivity index (χ0) is 14.0. The second-order valence-corrected chi connectivity index (χ2v) is 4.04. The molecule has 5 heteroatoms. The summed E-state index contributed by atoms with van der Waals surface area (Å²) in [5, 5.41) is 1.02. The Kier molecular flexibility index (Phi) is 3.55. The molecule has 100 valence electrons. The molecule has 0 unspecified atom stereocenters. The number of hydrogen-bond acceptors (Lipinski definition) is 4. The van der Waals surface area contributed by atoms with Gasteiger partial charge in [-0.15, -0.1) is 0 Å². The third-order valence-corrected chi connectivity index (χ3v) is 3.04. The van der Waals surface area contributed by atoms with Crippen LogP contribution in [0.2, 0.25) is 0 Å². The predicted octanol–water partition coefficient (Wildman–Crippen LogP) is 1.82. The van der Waals surface area contributed by atoms with Crippen molar-refractivity contribution in [1.29, 1.82) is 0 Å². The van der Waals surface area contributed by atoms with Crippen LogP contribution in [0.5, 0.6) is 5.75 Å². The summed E-state index contributed by atoms with van der Waals surface area (Å²) >= 11 is 0. The molecule has 1 aromatic carbocycles. The first-order valence-corrected chi connectivity index (χ1v) is 5.91. The minimum atomic E-state index is -0.461. The fraction of sp³-hybridized carbons (Fsp3) is 0.286. The van der Waals surface area contributed by atoms with Crippen molar-refractivity contribution in [2.24, 2.45) is 0 Å². The van der Waals surface area contributed by atoms with E-state index in [0.29, 0.717) is 28.6 Å². The van der Waals surface area contributed by atoms with Crippen molar-refractivity contribution in [3.05, 3.63) is 40.3 Å². The van der Waals surface area contributed by atoms with E-state index in [1.165, 1.54) is 25.0 Å². The highest BCUT2D eigenvalue weighted by Gasteiger charge is 2.15. The van der Waals surface area contributed by atoms with Gasteiger partial charge in [-0.05, 0) is 25.1 Å². The lowest BCUT2D eigenvalue weighted by Crippen LogP contribution is -2.21. The molecule has 2 aromatic rings. The van der Waals surface area contributed by atoms with Crippen LogP contribution in [0, 0.1) is 0 Å². The van der Waals surface area contributed by atoms with E-state index in [-0.39, 0.29) is 5.56 Å². The molecule has 0 bridgehead atoms. The number of benzene rings is 1. The van der Waals surface area contributed by atoms with Gasteiger partial charge in [0.15, 0.2) is 0 Å². The van der Waals surface area contributed by atoms with E-state index in [1.54, 1.807) is 18.2 Å². The molecule has 1 heterocycles. The van der Waals surface area contributed by atoms with Gasteiger partial charge in [-0.2, -0.15) is 0 Å². The van der Waals surface area contributed by atoms with Crippen LogP contribution in [0.3, 0.4) is 0 Å². The highest BCUT2D eigenvalue weighted by atomic mass is 16.5. The Balaban J connectivity index is 2.86. The number of esters is 1. The number of nitrogens with zero attached hydrogens (tertiary/aromatic N) is 1. The summed E-state index contributed by atoms with van der Waals surface area (Å²) in [6, 6.07) is 5.04. The molecule has 0 aliphatic rings. The first-order chi connectivity index (χ1) is 9.12. The second kappa shape index (κ2) is 5.14. The average molecular weight is 261 g/mol.